The largest absolute Gasteiger partial charge is 0.312 e. The topological polar surface area (TPSA) is 12.0 Å². The van der Waals surface area contributed by atoms with Gasteiger partial charge in [-0.1, -0.05) is 20.3 Å². The molecular weight excluding hydrogens is 190 g/mol. The fourth-order valence-corrected chi connectivity index (χ4v) is 3.70. The van der Waals surface area contributed by atoms with Gasteiger partial charge in [-0.2, -0.15) is 11.8 Å². The third-order valence-corrected chi connectivity index (χ3v) is 5.34. The predicted molar refractivity (Wildman–Crippen MR) is 64.9 cm³/mol. The van der Waals surface area contributed by atoms with Crippen molar-refractivity contribution in [3.8, 4) is 0 Å². The average molecular weight is 213 g/mol. The van der Waals surface area contributed by atoms with Gasteiger partial charge >= 0.3 is 0 Å². The van der Waals surface area contributed by atoms with Crippen LogP contribution in [-0.4, -0.2) is 23.6 Å². The second-order valence-corrected chi connectivity index (χ2v) is 6.85. The van der Waals surface area contributed by atoms with Gasteiger partial charge in [0.15, 0.2) is 0 Å². The van der Waals surface area contributed by atoms with Crippen molar-refractivity contribution in [1.29, 1.82) is 0 Å². The summed E-state index contributed by atoms with van der Waals surface area (Å²) in [6.45, 7) is 6.07. The fraction of sp³-hybridized carbons (Fsp3) is 1.00. The molecule has 1 heterocycles. The average Bonchev–Trinajstić information content (AvgIpc) is 2.14. The quantitative estimate of drug-likeness (QED) is 0.773. The Labute approximate surface area is 92.4 Å². The first kappa shape index (κ1) is 10.8. The summed E-state index contributed by atoms with van der Waals surface area (Å²) in [6.07, 6.45) is 7.13. The van der Waals surface area contributed by atoms with Crippen LogP contribution in [0.2, 0.25) is 0 Å². The Kier molecular flexibility index (Phi) is 3.43. The molecule has 14 heavy (non-hydrogen) atoms. The van der Waals surface area contributed by atoms with E-state index in [4.69, 9.17) is 0 Å². The molecule has 2 unspecified atom stereocenters. The maximum Gasteiger partial charge on any atom is 0.0184 e. The van der Waals surface area contributed by atoms with E-state index < -0.39 is 0 Å². The van der Waals surface area contributed by atoms with Crippen LogP contribution in [0.15, 0.2) is 0 Å². The molecule has 2 atom stereocenters. The molecule has 2 aliphatic rings. The molecule has 1 aliphatic carbocycles. The lowest BCUT2D eigenvalue weighted by molar-refractivity contribution is 0.149. The van der Waals surface area contributed by atoms with Gasteiger partial charge in [0, 0.05) is 17.8 Å². The normalized spacial score (nSPS) is 36.4. The summed E-state index contributed by atoms with van der Waals surface area (Å²) in [4.78, 5) is 0. The lowest BCUT2D eigenvalue weighted by Gasteiger charge is -2.41. The molecule has 0 aromatic heterocycles. The summed E-state index contributed by atoms with van der Waals surface area (Å²) in [5, 5.41) is 4.62. The van der Waals surface area contributed by atoms with Crippen LogP contribution in [0.5, 0.6) is 0 Å². The van der Waals surface area contributed by atoms with Gasteiger partial charge in [0.25, 0.3) is 0 Å². The van der Waals surface area contributed by atoms with Crippen LogP contribution >= 0.6 is 11.8 Å². The molecular formula is C12H23NS. The minimum atomic E-state index is 0.641. The summed E-state index contributed by atoms with van der Waals surface area (Å²) in [6, 6.07) is 0.783. The van der Waals surface area contributed by atoms with E-state index in [2.05, 4.69) is 30.9 Å². The predicted octanol–water partition coefficient (Wildman–Crippen LogP) is 3.05. The Morgan fingerprint density at radius 1 is 1.36 bits per heavy atom. The minimum Gasteiger partial charge on any atom is -0.312 e. The van der Waals surface area contributed by atoms with Crippen molar-refractivity contribution in [3.63, 3.8) is 0 Å². The van der Waals surface area contributed by atoms with E-state index in [1.54, 1.807) is 0 Å². The molecule has 1 nitrogen and oxygen atoms in total. The van der Waals surface area contributed by atoms with E-state index in [0.717, 1.165) is 11.3 Å². The lowest BCUT2D eigenvalue weighted by atomic mass is 9.70. The zero-order valence-corrected chi connectivity index (χ0v) is 10.3. The molecule has 2 fully saturated rings. The summed E-state index contributed by atoms with van der Waals surface area (Å²) in [5.74, 6) is 1.37. The number of hydrogen-bond acceptors (Lipinski definition) is 2. The molecule has 0 aromatic carbocycles. The van der Waals surface area contributed by atoms with Crippen molar-refractivity contribution < 1.29 is 0 Å². The molecule has 0 radical (unpaired) electrons. The highest BCUT2D eigenvalue weighted by Crippen LogP contribution is 2.39. The first-order chi connectivity index (χ1) is 6.70. The van der Waals surface area contributed by atoms with E-state index in [-0.39, 0.29) is 0 Å². The molecule has 1 saturated carbocycles. The molecule has 0 amide bonds. The molecule has 1 saturated heterocycles. The highest BCUT2D eigenvalue weighted by molar-refractivity contribution is 7.99. The molecule has 0 bridgehead atoms. The number of nitrogens with one attached hydrogen (secondary N) is 1. The van der Waals surface area contributed by atoms with E-state index in [0.29, 0.717) is 5.41 Å². The van der Waals surface area contributed by atoms with Gasteiger partial charge in [-0.25, -0.2) is 0 Å². The van der Waals surface area contributed by atoms with E-state index in [9.17, 15) is 0 Å². The Balaban J connectivity index is 1.73. The Morgan fingerprint density at radius 3 is 2.71 bits per heavy atom. The van der Waals surface area contributed by atoms with Gasteiger partial charge in [-0.15, -0.1) is 0 Å². The van der Waals surface area contributed by atoms with E-state index in [1.807, 2.05) is 0 Å². The van der Waals surface area contributed by atoms with Crippen molar-refractivity contribution >= 4 is 11.8 Å². The van der Waals surface area contributed by atoms with Gasteiger partial charge < -0.3 is 5.32 Å². The third kappa shape index (κ3) is 2.46. The number of rotatable bonds is 3. The second kappa shape index (κ2) is 4.44. The van der Waals surface area contributed by atoms with E-state index in [1.165, 1.54) is 44.4 Å². The van der Waals surface area contributed by atoms with Crippen LogP contribution in [0.25, 0.3) is 0 Å². The van der Waals surface area contributed by atoms with E-state index >= 15 is 0 Å². The van der Waals surface area contributed by atoms with Crippen LogP contribution < -0.4 is 5.32 Å². The van der Waals surface area contributed by atoms with Crippen molar-refractivity contribution in [3.05, 3.63) is 0 Å². The maximum atomic E-state index is 3.79. The van der Waals surface area contributed by atoms with Crippen LogP contribution in [0.4, 0.5) is 0 Å². The second-order valence-electron chi connectivity index (χ2n) is 5.37. The highest BCUT2D eigenvalue weighted by Gasteiger charge is 2.32. The van der Waals surface area contributed by atoms with Crippen molar-refractivity contribution in [1.82, 2.24) is 5.32 Å². The summed E-state index contributed by atoms with van der Waals surface area (Å²) in [7, 11) is 0. The van der Waals surface area contributed by atoms with Crippen LogP contribution in [0.1, 0.15) is 46.0 Å². The highest BCUT2D eigenvalue weighted by atomic mass is 32.2. The molecule has 2 heteroatoms. The molecule has 1 N–H and O–H groups in total. The van der Waals surface area contributed by atoms with Crippen LogP contribution in [-0.2, 0) is 0 Å². The monoisotopic (exact) mass is 213 g/mol. The van der Waals surface area contributed by atoms with Gasteiger partial charge in [0.1, 0.15) is 0 Å². The minimum absolute atomic E-state index is 0.641. The summed E-state index contributed by atoms with van der Waals surface area (Å²) in [5.41, 5.74) is 0.641. The Bertz CT molecular complexity index is 189. The van der Waals surface area contributed by atoms with Gasteiger partial charge in [-0.05, 0) is 36.9 Å². The van der Waals surface area contributed by atoms with Crippen LogP contribution in [0.3, 0.4) is 0 Å². The van der Waals surface area contributed by atoms with Crippen molar-refractivity contribution in [2.45, 2.75) is 57.2 Å². The zero-order valence-electron chi connectivity index (χ0n) is 9.51. The SMILES string of the molecule is CC1SCCCC1NCC1(C)CCC1. The first-order valence-corrected chi connectivity index (χ1v) is 7.09. The Hall–Kier alpha value is 0.310. The van der Waals surface area contributed by atoms with Gasteiger partial charge in [0.05, 0.1) is 0 Å². The number of thioether (sulfide) groups is 1. The molecule has 1 aliphatic heterocycles. The molecule has 82 valence electrons. The fourth-order valence-electron chi connectivity index (χ4n) is 2.53. The van der Waals surface area contributed by atoms with Crippen molar-refractivity contribution in [2.24, 2.45) is 5.41 Å². The van der Waals surface area contributed by atoms with Gasteiger partial charge in [0.2, 0.25) is 0 Å². The molecule has 2 rings (SSSR count). The van der Waals surface area contributed by atoms with Crippen LogP contribution in [0, 0.1) is 5.41 Å². The molecule has 0 spiro atoms. The van der Waals surface area contributed by atoms with Gasteiger partial charge in [-0.3, -0.25) is 0 Å². The Morgan fingerprint density at radius 2 is 2.14 bits per heavy atom. The first-order valence-electron chi connectivity index (χ1n) is 6.05. The zero-order chi connectivity index (χ0) is 10.0. The maximum absolute atomic E-state index is 3.79. The lowest BCUT2D eigenvalue weighted by Crippen LogP contribution is -2.46. The summed E-state index contributed by atoms with van der Waals surface area (Å²) >= 11 is 2.14. The summed E-state index contributed by atoms with van der Waals surface area (Å²) < 4.78 is 0. The molecule has 0 aromatic rings. The van der Waals surface area contributed by atoms with Crippen molar-refractivity contribution in [2.75, 3.05) is 12.3 Å². The standard InChI is InChI=1S/C12H23NS/c1-10-11(5-3-8-14-10)13-9-12(2)6-4-7-12/h10-11,13H,3-9H2,1-2H3. The third-order valence-electron chi connectivity index (χ3n) is 3.96. The smallest absolute Gasteiger partial charge is 0.0184 e. The number of hydrogen-bond donors (Lipinski definition) is 1.